The van der Waals surface area contributed by atoms with Crippen LogP contribution in [-0.4, -0.2) is 25.5 Å². The lowest BCUT2D eigenvalue weighted by Gasteiger charge is -2.41. The second-order valence-corrected chi connectivity index (χ2v) is 7.72. The van der Waals surface area contributed by atoms with E-state index in [4.69, 9.17) is 23.2 Å². The van der Waals surface area contributed by atoms with E-state index in [-0.39, 0.29) is 5.41 Å². The largest absolute Gasteiger partial charge is 0.309 e. The van der Waals surface area contributed by atoms with Crippen LogP contribution in [0.4, 0.5) is 0 Å². The molecule has 0 N–H and O–H groups in total. The maximum Gasteiger partial charge on any atom is 0.0447 e. The number of halogens is 2. The van der Waals surface area contributed by atoms with E-state index in [1.165, 1.54) is 0 Å². The van der Waals surface area contributed by atoms with E-state index in [9.17, 15) is 0 Å². The van der Waals surface area contributed by atoms with Gasteiger partial charge in [0.05, 0.1) is 0 Å². The Kier molecular flexibility index (Phi) is 6.74. The zero-order chi connectivity index (χ0) is 17.7. The van der Waals surface area contributed by atoms with E-state index in [1.54, 1.807) is 0 Å². The molecule has 2 aromatic carbocycles. The van der Waals surface area contributed by atoms with Crippen molar-refractivity contribution in [2.45, 2.75) is 32.1 Å². The van der Waals surface area contributed by atoms with Gasteiger partial charge in [0.25, 0.3) is 0 Å². The minimum atomic E-state index is -0.239. The standard InChI is InChI=1S/C21H27Cl2N/c1-5-10-16(15-24(3)4)21(2,17-11-6-8-13-19(17)22)18-12-7-9-14-20(18)23/h6-9,11-14,16H,5,10,15H2,1-4H3. The van der Waals surface area contributed by atoms with E-state index in [2.05, 4.69) is 57.1 Å². The Labute approximate surface area is 156 Å². The van der Waals surface area contributed by atoms with Crippen molar-refractivity contribution in [1.29, 1.82) is 0 Å². The van der Waals surface area contributed by atoms with Gasteiger partial charge in [-0.3, -0.25) is 0 Å². The molecule has 1 nitrogen and oxygen atoms in total. The summed E-state index contributed by atoms with van der Waals surface area (Å²) < 4.78 is 0. The molecule has 130 valence electrons. The van der Waals surface area contributed by atoms with Crippen LogP contribution in [0.2, 0.25) is 10.0 Å². The van der Waals surface area contributed by atoms with E-state index in [0.29, 0.717) is 5.92 Å². The third-order valence-corrected chi connectivity index (χ3v) is 5.57. The Morgan fingerprint density at radius 2 is 1.38 bits per heavy atom. The zero-order valence-corrected chi connectivity index (χ0v) is 16.5. The van der Waals surface area contributed by atoms with Crippen molar-refractivity contribution in [2.75, 3.05) is 20.6 Å². The highest BCUT2D eigenvalue weighted by Gasteiger charge is 2.39. The van der Waals surface area contributed by atoms with Crippen molar-refractivity contribution in [1.82, 2.24) is 4.90 Å². The fourth-order valence-electron chi connectivity index (χ4n) is 3.70. The Balaban J connectivity index is 2.69. The van der Waals surface area contributed by atoms with E-state index >= 15 is 0 Å². The summed E-state index contributed by atoms with van der Waals surface area (Å²) >= 11 is 13.3. The number of nitrogens with zero attached hydrogens (tertiary/aromatic N) is 1. The minimum Gasteiger partial charge on any atom is -0.309 e. The molecule has 2 aromatic rings. The van der Waals surface area contributed by atoms with Gasteiger partial charge in [0.2, 0.25) is 0 Å². The predicted molar refractivity (Wildman–Crippen MR) is 106 cm³/mol. The Morgan fingerprint density at radius 1 is 0.917 bits per heavy atom. The first-order valence-corrected chi connectivity index (χ1v) is 9.31. The van der Waals surface area contributed by atoms with Crippen molar-refractivity contribution in [3.8, 4) is 0 Å². The van der Waals surface area contributed by atoms with Gasteiger partial charge in [0, 0.05) is 22.0 Å². The summed E-state index contributed by atoms with van der Waals surface area (Å²) in [6, 6.07) is 16.3. The minimum absolute atomic E-state index is 0.239. The highest BCUT2D eigenvalue weighted by atomic mass is 35.5. The van der Waals surface area contributed by atoms with Gasteiger partial charge in [0.15, 0.2) is 0 Å². The Morgan fingerprint density at radius 3 is 1.75 bits per heavy atom. The van der Waals surface area contributed by atoms with Gasteiger partial charge >= 0.3 is 0 Å². The van der Waals surface area contributed by atoms with Crippen molar-refractivity contribution in [2.24, 2.45) is 5.92 Å². The third kappa shape index (κ3) is 3.96. The van der Waals surface area contributed by atoms with Crippen LogP contribution in [0.5, 0.6) is 0 Å². The van der Waals surface area contributed by atoms with Crippen molar-refractivity contribution < 1.29 is 0 Å². The number of rotatable bonds is 7. The van der Waals surface area contributed by atoms with Gasteiger partial charge in [-0.05, 0) is 49.7 Å². The van der Waals surface area contributed by atoms with E-state index < -0.39 is 0 Å². The quantitative estimate of drug-likeness (QED) is 0.559. The second kappa shape index (κ2) is 8.38. The summed E-state index contributed by atoms with van der Waals surface area (Å²) in [6.45, 7) is 5.52. The predicted octanol–water partition coefficient (Wildman–Crippen LogP) is 6.28. The van der Waals surface area contributed by atoms with Crippen LogP contribution in [-0.2, 0) is 5.41 Å². The molecule has 0 fully saturated rings. The van der Waals surface area contributed by atoms with E-state index in [1.807, 2.05) is 24.3 Å². The molecule has 0 saturated heterocycles. The van der Waals surface area contributed by atoms with Crippen LogP contribution < -0.4 is 0 Å². The van der Waals surface area contributed by atoms with Gasteiger partial charge in [-0.2, -0.15) is 0 Å². The smallest absolute Gasteiger partial charge is 0.0447 e. The average molecular weight is 364 g/mol. The lowest BCUT2D eigenvalue weighted by molar-refractivity contribution is 0.235. The van der Waals surface area contributed by atoms with Crippen molar-refractivity contribution in [3.63, 3.8) is 0 Å². The molecular formula is C21H27Cl2N. The monoisotopic (exact) mass is 363 g/mol. The zero-order valence-electron chi connectivity index (χ0n) is 15.0. The fraction of sp³-hybridized carbons (Fsp3) is 0.429. The molecule has 0 spiro atoms. The molecule has 0 aromatic heterocycles. The third-order valence-electron chi connectivity index (χ3n) is 4.91. The Bertz CT molecular complexity index is 621. The molecule has 0 amide bonds. The molecular weight excluding hydrogens is 337 g/mol. The van der Waals surface area contributed by atoms with Gasteiger partial charge < -0.3 is 4.90 Å². The summed E-state index contributed by atoms with van der Waals surface area (Å²) in [5, 5.41) is 1.61. The van der Waals surface area contributed by atoms with Crippen LogP contribution in [0.3, 0.4) is 0 Å². The normalized spacial score (nSPS) is 13.3. The van der Waals surface area contributed by atoms with Crippen molar-refractivity contribution >= 4 is 23.2 Å². The van der Waals surface area contributed by atoms with Crippen LogP contribution >= 0.6 is 23.2 Å². The van der Waals surface area contributed by atoms with Gasteiger partial charge in [-0.1, -0.05) is 79.9 Å². The maximum atomic E-state index is 6.63. The first kappa shape index (κ1) is 19.3. The van der Waals surface area contributed by atoms with Crippen molar-refractivity contribution in [3.05, 3.63) is 69.7 Å². The molecule has 3 heteroatoms. The van der Waals surface area contributed by atoms with Crippen LogP contribution in [0, 0.1) is 5.92 Å². The van der Waals surface area contributed by atoms with E-state index in [0.717, 1.165) is 40.6 Å². The molecule has 0 saturated carbocycles. The molecule has 0 heterocycles. The van der Waals surface area contributed by atoms with Crippen LogP contribution in [0.1, 0.15) is 37.8 Å². The van der Waals surface area contributed by atoms with Crippen LogP contribution in [0.15, 0.2) is 48.5 Å². The number of hydrogen-bond donors (Lipinski definition) is 0. The average Bonchev–Trinajstić information content (AvgIpc) is 2.54. The molecule has 0 radical (unpaired) electrons. The molecule has 0 bridgehead atoms. The molecule has 0 aliphatic heterocycles. The highest BCUT2D eigenvalue weighted by molar-refractivity contribution is 6.32. The molecule has 0 aliphatic carbocycles. The Hall–Kier alpha value is -1.02. The molecule has 24 heavy (non-hydrogen) atoms. The van der Waals surface area contributed by atoms with Gasteiger partial charge in [-0.25, -0.2) is 0 Å². The summed E-state index contributed by atoms with van der Waals surface area (Å²) in [7, 11) is 4.25. The SMILES string of the molecule is CCCC(CN(C)C)C(C)(c1ccccc1Cl)c1ccccc1Cl. The fourth-order valence-corrected chi connectivity index (χ4v) is 4.37. The summed E-state index contributed by atoms with van der Waals surface area (Å²) in [5.41, 5.74) is 2.07. The molecule has 1 unspecified atom stereocenters. The topological polar surface area (TPSA) is 3.24 Å². The first-order valence-electron chi connectivity index (χ1n) is 8.56. The number of benzene rings is 2. The molecule has 1 atom stereocenters. The lowest BCUT2D eigenvalue weighted by atomic mass is 9.65. The lowest BCUT2D eigenvalue weighted by Crippen LogP contribution is -2.40. The first-order chi connectivity index (χ1) is 11.4. The summed E-state index contributed by atoms with van der Waals surface area (Å²) in [4.78, 5) is 2.26. The van der Waals surface area contributed by atoms with Gasteiger partial charge in [0.1, 0.15) is 0 Å². The molecule has 0 aliphatic rings. The summed E-state index contributed by atoms with van der Waals surface area (Å²) in [6.07, 6.45) is 2.24. The van der Waals surface area contributed by atoms with Gasteiger partial charge in [-0.15, -0.1) is 0 Å². The molecule has 2 rings (SSSR count). The second-order valence-electron chi connectivity index (χ2n) is 6.91. The maximum absolute atomic E-state index is 6.63. The number of hydrogen-bond acceptors (Lipinski definition) is 1. The van der Waals surface area contributed by atoms with Crippen LogP contribution in [0.25, 0.3) is 0 Å². The summed E-state index contributed by atoms with van der Waals surface area (Å²) in [5.74, 6) is 0.414. The highest BCUT2D eigenvalue weighted by Crippen LogP contribution is 2.46.